The van der Waals surface area contributed by atoms with Crippen LogP contribution in [0.15, 0.2) is 115 Å². The third kappa shape index (κ3) is 9.29. The summed E-state index contributed by atoms with van der Waals surface area (Å²) in [7, 11) is 0. The predicted molar refractivity (Wildman–Crippen MR) is 174 cm³/mol. The van der Waals surface area contributed by atoms with Crippen molar-refractivity contribution in [3.05, 3.63) is 138 Å². The number of hydrogen-bond donors (Lipinski definition) is 2. The first-order valence-electron chi connectivity index (χ1n) is 15.6. The number of nitrogens with zero attached hydrogens (tertiary/aromatic N) is 1. The molecule has 1 fully saturated rings. The minimum Gasteiger partial charge on any atom is -0.489 e. The number of carboxylic acids is 1. The third-order valence-electron chi connectivity index (χ3n) is 8.47. The fourth-order valence-corrected chi connectivity index (χ4v) is 5.90. The van der Waals surface area contributed by atoms with Crippen LogP contribution in [0.4, 0.5) is 0 Å². The lowest BCUT2D eigenvalue weighted by atomic mass is 9.87. The van der Waals surface area contributed by atoms with E-state index in [1.165, 1.54) is 0 Å². The number of rotatable bonds is 13. The van der Waals surface area contributed by atoms with Crippen molar-refractivity contribution in [3.63, 3.8) is 0 Å². The number of aliphatic carboxylic acids is 1. The Kier molecular flexibility index (Phi) is 11.0. The van der Waals surface area contributed by atoms with Crippen LogP contribution in [-0.4, -0.2) is 46.9 Å². The SMILES string of the molecule is O=C(CC1CCN(C(=O)CC(c2ccccc2)c2ccccc2)CC1)NC(Cc1ccc(OCc2ccccc2)cc1)C(=O)O. The van der Waals surface area contributed by atoms with E-state index in [2.05, 4.69) is 29.6 Å². The maximum absolute atomic E-state index is 13.4. The molecule has 1 aliphatic heterocycles. The number of carbonyl (C=O) groups is 3. The van der Waals surface area contributed by atoms with Crippen LogP contribution in [0.5, 0.6) is 5.75 Å². The molecule has 4 aromatic carbocycles. The van der Waals surface area contributed by atoms with Gasteiger partial charge in [0.1, 0.15) is 18.4 Å². The summed E-state index contributed by atoms with van der Waals surface area (Å²) in [5.41, 5.74) is 4.09. The molecule has 7 heteroatoms. The molecule has 1 saturated heterocycles. The Morgan fingerprint density at radius 2 is 1.31 bits per heavy atom. The van der Waals surface area contributed by atoms with Gasteiger partial charge in [0.05, 0.1) is 0 Å². The summed E-state index contributed by atoms with van der Waals surface area (Å²) in [6.07, 6.45) is 2.23. The Morgan fingerprint density at radius 1 is 0.756 bits per heavy atom. The molecule has 1 heterocycles. The molecule has 1 unspecified atom stereocenters. The molecular formula is C38H40N2O5. The van der Waals surface area contributed by atoms with E-state index in [-0.39, 0.29) is 36.5 Å². The van der Waals surface area contributed by atoms with Crippen LogP contribution in [-0.2, 0) is 27.4 Å². The molecule has 2 amide bonds. The number of likely N-dealkylation sites (tertiary alicyclic amines) is 1. The first-order chi connectivity index (χ1) is 21.9. The molecule has 4 aromatic rings. The summed E-state index contributed by atoms with van der Waals surface area (Å²) in [5.74, 6) is -0.460. The third-order valence-corrected chi connectivity index (χ3v) is 8.47. The molecular weight excluding hydrogens is 564 g/mol. The van der Waals surface area contributed by atoms with Gasteiger partial charge >= 0.3 is 5.97 Å². The normalized spacial score (nSPS) is 14.1. The zero-order valence-corrected chi connectivity index (χ0v) is 25.4. The van der Waals surface area contributed by atoms with Crippen molar-refractivity contribution in [2.75, 3.05) is 13.1 Å². The Balaban J connectivity index is 1.08. The lowest BCUT2D eigenvalue weighted by molar-refractivity contribution is -0.142. The van der Waals surface area contributed by atoms with Crippen molar-refractivity contribution < 1.29 is 24.2 Å². The summed E-state index contributed by atoms with van der Waals surface area (Å²) >= 11 is 0. The quantitative estimate of drug-likeness (QED) is 0.189. The van der Waals surface area contributed by atoms with Crippen LogP contribution in [0, 0.1) is 5.92 Å². The monoisotopic (exact) mass is 604 g/mol. The van der Waals surface area contributed by atoms with Gasteiger partial charge in [0.15, 0.2) is 0 Å². The average Bonchev–Trinajstić information content (AvgIpc) is 3.08. The number of benzene rings is 4. The summed E-state index contributed by atoms with van der Waals surface area (Å²) in [4.78, 5) is 40.2. The van der Waals surface area contributed by atoms with E-state index in [0.717, 1.165) is 22.3 Å². The molecule has 7 nitrogen and oxygen atoms in total. The molecule has 0 spiro atoms. The molecule has 232 valence electrons. The van der Waals surface area contributed by atoms with Gasteiger partial charge in [-0.05, 0) is 53.1 Å². The number of piperidine rings is 1. The zero-order valence-electron chi connectivity index (χ0n) is 25.4. The van der Waals surface area contributed by atoms with Crippen LogP contribution in [0.2, 0.25) is 0 Å². The predicted octanol–water partition coefficient (Wildman–Crippen LogP) is 6.23. The largest absolute Gasteiger partial charge is 0.489 e. The molecule has 0 aliphatic carbocycles. The van der Waals surface area contributed by atoms with Crippen LogP contribution in [0.1, 0.15) is 53.9 Å². The molecule has 5 rings (SSSR count). The van der Waals surface area contributed by atoms with Gasteiger partial charge in [-0.3, -0.25) is 9.59 Å². The van der Waals surface area contributed by atoms with Gasteiger partial charge < -0.3 is 20.1 Å². The summed E-state index contributed by atoms with van der Waals surface area (Å²) in [6.45, 7) is 1.63. The van der Waals surface area contributed by atoms with E-state index in [9.17, 15) is 19.5 Å². The zero-order chi connectivity index (χ0) is 31.4. The second-order valence-corrected chi connectivity index (χ2v) is 11.7. The Hall–Kier alpha value is -4.91. The summed E-state index contributed by atoms with van der Waals surface area (Å²) in [5, 5.41) is 12.5. The minimum absolute atomic E-state index is 0.0191. The van der Waals surface area contributed by atoms with Gasteiger partial charge in [-0.15, -0.1) is 0 Å². The minimum atomic E-state index is -1.07. The Labute approximate surface area is 264 Å². The van der Waals surface area contributed by atoms with E-state index in [4.69, 9.17) is 4.74 Å². The molecule has 1 atom stereocenters. The van der Waals surface area contributed by atoms with Crippen LogP contribution < -0.4 is 10.1 Å². The van der Waals surface area contributed by atoms with Crippen LogP contribution >= 0.6 is 0 Å². The first kappa shape index (κ1) is 31.5. The molecule has 1 aliphatic rings. The fraction of sp³-hybridized carbons (Fsp3) is 0.289. The Morgan fingerprint density at radius 3 is 1.87 bits per heavy atom. The van der Waals surface area contributed by atoms with Crippen molar-refractivity contribution in [1.82, 2.24) is 10.2 Å². The lowest BCUT2D eigenvalue weighted by Gasteiger charge is -2.33. The molecule has 45 heavy (non-hydrogen) atoms. The van der Waals surface area contributed by atoms with E-state index in [0.29, 0.717) is 44.7 Å². The number of carboxylic acid groups (broad SMARTS) is 1. The van der Waals surface area contributed by atoms with E-state index in [1.54, 1.807) is 0 Å². The van der Waals surface area contributed by atoms with Gasteiger partial charge in [-0.1, -0.05) is 103 Å². The van der Waals surface area contributed by atoms with E-state index >= 15 is 0 Å². The molecule has 2 N–H and O–H groups in total. The van der Waals surface area contributed by atoms with Crippen LogP contribution in [0.25, 0.3) is 0 Å². The first-order valence-corrected chi connectivity index (χ1v) is 15.6. The van der Waals surface area contributed by atoms with Crippen molar-refractivity contribution in [1.29, 1.82) is 0 Å². The van der Waals surface area contributed by atoms with Gasteiger partial charge in [0.25, 0.3) is 0 Å². The number of carbonyl (C=O) groups excluding carboxylic acids is 2. The van der Waals surface area contributed by atoms with Gasteiger partial charge in [-0.25, -0.2) is 4.79 Å². The second kappa shape index (κ2) is 15.7. The highest BCUT2D eigenvalue weighted by Crippen LogP contribution is 2.30. The number of nitrogens with one attached hydrogen (secondary N) is 1. The van der Waals surface area contributed by atoms with Crippen molar-refractivity contribution >= 4 is 17.8 Å². The van der Waals surface area contributed by atoms with Gasteiger partial charge in [0.2, 0.25) is 11.8 Å². The highest BCUT2D eigenvalue weighted by atomic mass is 16.5. The molecule has 0 aromatic heterocycles. The average molecular weight is 605 g/mol. The highest BCUT2D eigenvalue weighted by Gasteiger charge is 2.28. The maximum Gasteiger partial charge on any atom is 0.326 e. The lowest BCUT2D eigenvalue weighted by Crippen LogP contribution is -2.44. The highest BCUT2D eigenvalue weighted by molar-refractivity contribution is 5.84. The van der Waals surface area contributed by atoms with Crippen molar-refractivity contribution in [3.8, 4) is 5.75 Å². The Bertz CT molecular complexity index is 1480. The topological polar surface area (TPSA) is 95.9 Å². The van der Waals surface area contributed by atoms with Crippen molar-refractivity contribution in [2.45, 2.75) is 50.7 Å². The van der Waals surface area contributed by atoms with E-state index in [1.807, 2.05) is 95.9 Å². The van der Waals surface area contributed by atoms with Gasteiger partial charge in [0, 0.05) is 38.3 Å². The number of hydrogen-bond acceptors (Lipinski definition) is 4. The number of ether oxygens (including phenoxy) is 1. The van der Waals surface area contributed by atoms with E-state index < -0.39 is 12.0 Å². The van der Waals surface area contributed by atoms with Crippen LogP contribution in [0.3, 0.4) is 0 Å². The molecule has 0 bridgehead atoms. The summed E-state index contributed by atoms with van der Waals surface area (Å²) < 4.78 is 5.82. The maximum atomic E-state index is 13.4. The summed E-state index contributed by atoms with van der Waals surface area (Å²) in [6, 6.07) is 36.3. The molecule has 0 saturated carbocycles. The van der Waals surface area contributed by atoms with Crippen molar-refractivity contribution in [2.24, 2.45) is 5.92 Å². The fourth-order valence-electron chi connectivity index (χ4n) is 5.90. The second-order valence-electron chi connectivity index (χ2n) is 11.7. The smallest absolute Gasteiger partial charge is 0.326 e. The standard InChI is InChI=1S/C38H40N2O5/c41-36(39-35(38(43)44)24-28-16-18-33(19-17-28)45-27-30-10-4-1-5-11-30)25-29-20-22-40(23-21-29)37(42)26-34(31-12-6-2-7-13-31)32-14-8-3-9-15-32/h1-19,29,34-35H,20-27H2,(H,39,41)(H,43,44). The molecule has 0 radical (unpaired) electrons. The van der Waals surface area contributed by atoms with Gasteiger partial charge in [-0.2, -0.15) is 0 Å². The number of amides is 2.